The zero-order valence-corrected chi connectivity index (χ0v) is 22.5. The van der Waals surface area contributed by atoms with Gasteiger partial charge >= 0.3 is 6.09 Å². The van der Waals surface area contributed by atoms with E-state index in [4.69, 9.17) is 5.41 Å². The molecule has 3 N–H and O–H groups in total. The molecule has 1 aliphatic rings. The van der Waals surface area contributed by atoms with Crippen LogP contribution in [-0.2, 0) is 22.1 Å². The lowest BCUT2D eigenvalue weighted by Crippen LogP contribution is -2.30. The van der Waals surface area contributed by atoms with Crippen LogP contribution < -0.4 is 5.32 Å². The van der Waals surface area contributed by atoms with Crippen LogP contribution in [0.25, 0.3) is 0 Å². The first-order valence-corrected chi connectivity index (χ1v) is 11.0. The monoisotopic (exact) mass is 531 g/mol. The van der Waals surface area contributed by atoms with Crippen molar-refractivity contribution >= 4 is 40.4 Å². The molecule has 1 heterocycles. The molecule has 0 aromatic heterocycles. The number of anilines is 1. The fourth-order valence-corrected chi connectivity index (χ4v) is 4.00. The molecule has 0 unspecified atom stereocenters. The number of nitrogens with one attached hydrogen (secondary N) is 2. The second kappa shape index (κ2) is 9.78. The van der Waals surface area contributed by atoms with E-state index in [1.807, 2.05) is 41.5 Å². The number of fused-ring (bicyclic) bond motifs is 1. The number of nitrogens with zero attached hydrogens (tertiary/aromatic N) is 1. The number of ketones is 1. The van der Waals surface area contributed by atoms with E-state index in [0.717, 1.165) is 22.3 Å². The minimum absolute atomic E-state index is 0. The van der Waals surface area contributed by atoms with Crippen LogP contribution in [-0.4, -0.2) is 41.4 Å². The fraction of sp³-hybridized carbons (Fsp3) is 0.423. The van der Waals surface area contributed by atoms with Crippen molar-refractivity contribution in [3.8, 4) is 5.75 Å². The first kappa shape index (κ1) is 27.4. The Kier molecular flexibility index (Phi) is 7.87. The predicted molar refractivity (Wildman–Crippen MR) is 140 cm³/mol. The van der Waals surface area contributed by atoms with Crippen molar-refractivity contribution in [2.24, 2.45) is 0 Å². The van der Waals surface area contributed by atoms with Gasteiger partial charge in [-0.05, 0) is 46.7 Å². The Morgan fingerprint density at radius 1 is 1.06 bits per heavy atom. The lowest BCUT2D eigenvalue weighted by molar-refractivity contribution is 0.0962. The minimum atomic E-state index is -0.563. The third-order valence-corrected chi connectivity index (χ3v) is 5.85. The number of amides is 1. The summed E-state index contributed by atoms with van der Waals surface area (Å²) in [6.07, 6.45) is -0.563. The molecule has 0 radical (unpaired) electrons. The molecule has 0 bridgehead atoms. The molecule has 2 aromatic rings. The number of halogens is 1. The molecule has 3 rings (SSSR count). The van der Waals surface area contributed by atoms with Gasteiger partial charge in [-0.25, -0.2) is 4.79 Å². The Bertz CT molecular complexity index is 1090. The maximum Gasteiger partial charge on any atom is 0.411 e. The molecule has 7 nitrogen and oxygen atoms in total. The molecule has 0 aliphatic carbocycles. The molecular weight excluding hydrogens is 498 g/mol. The normalized spacial score (nSPS) is 13.3. The van der Waals surface area contributed by atoms with Crippen LogP contribution in [0.15, 0.2) is 30.3 Å². The van der Waals surface area contributed by atoms with E-state index in [0.29, 0.717) is 17.8 Å². The molecule has 2 aromatic carbocycles. The number of carbonyl (C=O) groups is 2. The van der Waals surface area contributed by atoms with E-state index in [9.17, 15) is 14.7 Å². The number of rotatable bonds is 4. The second-order valence-electron chi connectivity index (χ2n) is 10.5. The van der Waals surface area contributed by atoms with E-state index in [1.54, 1.807) is 35.2 Å². The average Bonchev–Trinajstić information content (AvgIpc) is 3.00. The zero-order valence-electron chi connectivity index (χ0n) is 20.8. The molecule has 1 aliphatic heterocycles. The minimum Gasteiger partial charge on any atom is -0.507 e. The van der Waals surface area contributed by atoms with Gasteiger partial charge in [0.05, 0.1) is 13.7 Å². The van der Waals surface area contributed by atoms with Crippen LogP contribution in [0.3, 0.4) is 0 Å². The SMILES string of the molecule is Br.COC(=O)Nc1ccc2c(c1)CN(CC(=O)c1cc(C(C)(C)C)c(O)c(C(C)(C)C)c1)C2=N. The summed E-state index contributed by atoms with van der Waals surface area (Å²) < 4.78 is 4.63. The third-order valence-electron chi connectivity index (χ3n) is 5.85. The molecule has 0 atom stereocenters. The highest BCUT2D eigenvalue weighted by atomic mass is 79.9. The fourth-order valence-electron chi connectivity index (χ4n) is 4.00. The van der Waals surface area contributed by atoms with E-state index in [2.05, 4.69) is 10.1 Å². The maximum absolute atomic E-state index is 13.3. The van der Waals surface area contributed by atoms with E-state index >= 15 is 0 Å². The van der Waals surface area contributed by atoms with Crippen molar-refractivity contribution in [2.75, 3.05) is 19.0 Å². The lowest BCUT2D eigenvalue weighted by atomic mass is 9.78. The zero-order chi connectivity index (χ0) is 24.7. The standard InChI is InChI=1S/C26H33N3O4.BrH/c1-25(2,3)19-11-15(12-20(22(19)31)26(4,5)6)21(30)14-29-13-16-10-17(28-24(32)33-7)8-9-18(16)23(29)27;/h8-12,27,31H,13-14H2,1-7H3,(H,28,32);1H. The summed E-state index contributed by atoms with van der Waals surface area (Å²) in [7, 11) is 1.30. The average molecular weight is 532 g/mol. The van der Waals surface area contributed by atoms with Gasteiger partial charge in [0.15, 0.2) is 5.78 Å². The molecular formula is C26H34BrN3O4. The van der Waals surface area contributed by atoms with Crippen molar-refractivity contribution < 1.29 is 19.4 Å². The van der Waals surface area contributed by atoms with Crippen LogP contribution in [0.4, 0.5) is 10.5 Å². The number of methoxy groups -OCH3 is 1. The second-order valence-corrected chi connectivity index (χ2v) is 10.5. The summed E-state index contributed by atoms with van der Waals surface area (Å²) in [5.74, 6) is 0.392. The number of hydrogen-bond acceptors (Lipinski definition) is 5. The van der Waals surface area contributed by atoms with Gasteiger partial charge in [-0.3, -0.25) is 15.5 Å². The molecule has 34 heavy (non-hydrogen) atoms. The topological polar surface area (TPSA) is 103 Å². The highest BCUT2D eigenvalue weighted by Gasteiger charge is 2.30. The first-order valence-electron chi connectivity index (χ1n) is 11.0. The smallest absolute Gasteiger partial charge is 0.411 e. The number of ether oxygens (including phenoxy) is 1. The number of phenolic OH excluding ortho intramolecular Hbond substituents is 1. The van der Waals surface area contributed by atoms with Crippen molar-refractivity contribution in [1.82, 2.24) is 4.90 Å². The Morgan fingerprint density at radius 3 is 2.12 bits per heavy atom. The van der Waals surface area contributed by atoms with Gasteiger partial charge < -0.3 is 14.7 Å². The van der Waals surface area contributed by atoms with Crippen molar-refractivity contribution in [2.45, 2.75) is 58.9 Å². The number of aromatic hydroxyl groups is 1. The Morgan fingerprint density at radius 2 is 1.62 bits per heavy atom. The lowest BCUT2D eigenvalue weighted by Gasteiger charge is -2.28. The van der Waals surface area contributed by atoms with Crippen LogP contribution in [0.5, 0.6) is 5.75 Å². The maximum atomic E-state index is 13.3. The summed E-state index contributed by atoms with van der Waals surface area (Å²) in [4.78, 5) is 26.5. The summed E-state index contributed by atoms with van der Waals surface area (Å²) >= 11 is 0. The predicted octanol–water partition coefficient (Wildman–Crippen LogP) is 5.77. The molecule has 0 fully saturated rings. The van der Waals surface area contributed by atoms with Gasteiger partial charge in [0.25, 0.3) is 0 Å². The molecule has 0 saturated carbocycles. The number of hydrogen-bond donors (Lipinski definition) is 3. The summed E-state index contributed by atoms with van der Waals surface area (Å²) in [6, 6.07) is 8.82. The van der Waals surface area contributed by atoms with Crippen LogP contribution >= 0.6 is 17.0 Å². The van der Waals surface area contributed by atoms with Gasteiger partial charge in [-0.1, -0.05) is 41.5 Å². The van der Waals surface area contributed by atoms with Crippen LogP contribution in [0, 0.1) is 5.41 Å². The Hall–Kier alpha value is -2.87. The van der Waals surface area contributed by atoms with Gasteiger partial charge in [-0.2, -0.15) is 0 Å². The summed E-state index contributed by atoms with van der Waals surface area (Å²) in [5, 5.41) is 22.1. The van der Waals surface area contributed by atoms with Crippen molar-refractivity contribution in [3.63, 3.8) is 0 Å². The van der Waals surface area contributed by atoms with Crippen LogP contribution in [0.2, 0.25) is 0 Å². The number of carbonyl (C=O) groups excluding carboxylic acids is 2. The highest BCUT2D eigenvalue weighted by Crippen LogP contribution is 2.40. The Labute approximate surface area is 211 Å². The van der Waals surface area contributed by atoms with Gasteiger partial charge in [0.1, 0.15) is 11.6 Å². The molecule has 0 spiro atoms. The quantitative estimate of drug-likeness (QED) is 0.434. The van der Waals surface area contributed by atoms with E-state index in [-0.39, 0.29) is 51.7 Å². The van der Waals surface area contributed by atoms with Crippen LogP contribution in [0.1, 0.15) is 74.2 Å². The number of amidine groups is 1. The van der Waals surface area contributed by atoms with Gasteiger partial charge in [0.2, 0.25) is 0 Å². The third kappa shape index (κ3) is 5.60. The first-order chi connectivity index (χ1) is 15.2. The largest absolute Gasteiger partial charge is 0.507 e. The molecule has 0 saturated heterocycles. The van der Waals surface area contributed by atoms with E-state index in [1.165, 1.54) is 7.11 Å². The number of benzene rings is 2. The Balaban J connectivity index is 0.00000408. The summed E-state index contributed by atoms with van der Waals surface area (Å²) in [6.45, 7) is 12.5. The summed E-state index contributed by atoms with van der Waals surface area (Å²) in [5.41, 5.74) is 3.49. The van der Waals surface area contributed by atoms with E-state index < -0.39 is 6.09 Å². The molecule has 1 amide bonds. The van der Waals surface area contributed by atoms with Gasteiger partial charge in [-0.15, -0.1) is 17.0 Å². The van der Waals surface area contributed by atoms with Crippen molar-refractivity contribution in [1.29, 1.82) is 5.41 Å². The number of Topliss-reactive ketones (excluding diaryl/α,β-unsaturated/α-hetero) is 1. The van der Waals surface area contributed by atoms with Gasteiger partial charge in [0, 0.05) is 34.5 Å². The molecule has 8 heteroatoms. The van der Waals surface area contributed by atoms with Crippen molar-refractivity contribution in [3.05, 3.63) is 58.1 Å². The highest BCUT2D eigenvalue weighted by molar-refractivity contribution is 8.93. The molecule has 184 valence electrons. The number of phenols is 1.